The number of allylic oxidation sites excluding steroid dienone is 1. The van der Waals surface area contributed by atoms with Gasteiger partial charge in [-0.05, 0) is 77.7 Å². The topological polar surface area (TPSA) is 146 Å². The molecule has 1 aliphatic rings. The number of carbonyl (C=O) groups excluding carboxylic acids is 3. The Bertz CT molecular complexity index is 1660. The van der Waals surface area contributed by atoms with Crippen LogP contribution in [0.3, 0.4) is 0 Å². The highest BCUT2D eigenvalue weighted by atomic mass is 79.9. The predicted octanol–water partition coefficient (Wildman–Crippen LogP) is 5.07. The molecule has 0 fully saturated rings. The number of aryl methyl sites for hydroxylation is 1. The van der Waals surface area contributed by atoms with Gasteiger partial charge < -0.3 is 34.3 Å². The van der Waals surface area contributed by atoms with Gasteiger partial charge in [-0.3, -0.25) is 4.79 Å². The van der Waals surface area contributed by atoms with E-state index < -0.39 is 23.9 Å². The summed E-state index contributed by atoms with van der Waals surface area (Å²) in [5.41, 5.74) is 6.49. The van der Waals surface area contributed by atoms with E-state index in [1.807, 2.05) is 31.2 Å². The third kappa shape index (κ3) is 8.57. The number of nitrogens with zero attached hydrogens (tertiary/aromatic N) is 1. The largest absolute Gasteiger partial charge is 0.493 e. The number of esters is 1. The van der Waals surface area contributed by atoms with Crippen LogP contribution in [0.2, 0.25) is 0 Å². The van der Waals surface area contributed by atoms with Gasteiger partial charge in [0.2, 0.25) is 0 Å². The fourth-order valence-corrected chi connectivity index (χ4v) is 5.13. The number of methoxy groups -OCH3 is 2. The second-order valence-corrected chi connectivity index (χ2v) is 10.9. The van der Waals surface area contributed by atoms with Gasteiger partial charge in [-0.15, -0.1) is 0 Å². The third-order valence-electron chi connectivity index (χ3n) is 6.80. The molecule has 0 unspecified atom stereocenters. The monoisotopic (exact) mass is 694 g/mol. The number of nitrogens with one attached hydrogen (secondary N) is 3. The molecule has 0 saturated carbocycles. The quantitative estimate of drug-likeness (QED) is 0.128. The molecule has 3 aromatic rings. The van der Waals surface area contributed by atoms with Gasteiger partial charge >= 0.3 is 12.0 Å². The van der Waals surface area contributed by atoms with Crippen molar-refractivity contribution in [2.45, 2.75) is 33.4 Å². The summed E-state index contributed by atoms with van der Waals surface area (Å²) < 4.78 is 28.5. The number of hydrazone groups is 1. The summed E-state index contributed by atoms with van der Waals surface area (Å²) >= 11 is 3.53. The maximum absolute atomic E-state index is 12.6. The van der Waals surface area contributed by atoms with Gasteiger partial charge in [0.1, 0.15) is 6.61 Å². The lowest BCUT2D eigenvalue weighted by molar-refractivity contribution is -0.139. The van der Waals surface area contributed by atoms with Crippen molar-refractivity contribution < 1.29 is 38.1 Å². The van der Waals surface area contributed by atoms with E-state index in [0.29, 0.717) is 45.2 Å². The molecule has 0 radical (unpaired) electrons. The Morgan fingerprint density at radius 2 is 1.72 bits per heavy atom. The van der Waals surface area contributed by atoms with Crippen LogP contribution < -0.4 is 35.0 Å². The van der Waals surface area contributed by atoms with E-state index in [1.165, 1.54) is 18.9 Å². The van der Waals surface area contributed by atoms with Crippen LogP contribution in [0.5, 0.6) is 23.0 Å². The molecule has 0 aromatic heterocycles. The molecule has 3 aromatic carbocycles. The highest BCUT2D eigenvalue weighted by molar-refractivity contribution is 9.10. The fourth-order valence-electron chi connectivity index (χ4n) is 4.55. The second kappa shape index (κ2) is 15.8. The van der Waals surface area contributed by atoms with E-state index in [2.05, 4.69) is 37.1 Å². The summed E-state index contributed by atoms with van der Waals surface area (Å²) in [6.07, 6.45) is 1.47. The highest BCUT2D eigenvalue weighted by Gasteiger charge is 2.32. The number of carbonyl (C=O) groups is 3. The van der Waals surface area contributed by atoms with Gasteiger partial charge in [0.05, 0.1) is 43.1 Å². The summed E-state index contributed by atoms with van der Waals surface area (Å²) in [5, 5.41) is 9.36. The van der Waals surface area contributed by atoms with Crippen LogP contribution in [-0.2, 0) is 20.9 Å². The Balaban J connectivity index is 1.37. The first-order valence-corrected chi connectivity index (χ1v) is 15.1. The fraction of sp³-hybridized carbons (Fsp3) is 0.273. The molecule has 242 valence electrons. The molecule has 12 nitrogen and oxygen atoms in total. The number of hydrogen-bond acceptors (Lipinski definition) is 9. The molecule has 46 heavy (non-hydrogen) atoms. The van der Waals surface area contributed by atoms with E-state index in [9.17, 15) is 14.4 Å². The van der Waals surface area contributed by atoms with Crippen molar-refractivity contribution in [2.75, 3.05) is 27.4 Å². The van der Waals surface area contributed by atoms with Crippen molar-refractivity contribution >= 4 is 40.1 Å². The predicted molar refractivity (Wildman–Crippen MR) is 174 cm³/mol. The molecular formula is C33H35BrN4O8. The molecule has 0 aliphatic carbocycles. The molecule has 1 aliphatic heterocycles. The third-order valence-corrected chi connectivity index (χ3v) is 7.39. The number of hydrogen-bond donors (Lipinski definition) is 3. The summed E-state index contributed by atoms with van der Waals surface area (Å²) in [6, 6.07) is 15.2. The number of ether oxygens (including phenoxy) is 5. The summed E-state index contributed by atoms with van der Waals surface area (Å²) in [7, 11) is 2.98. The van der Waals surface area contributed by atoms with Crippen LogP contribution in [-0.4, -0.2) is 51.6 Å². The van der Waals surface area contributed by atoms with E-state index in [0.717, 1.165) is 5.56 Å². The van der Waals surface area contributed by atoms with Gasteiger partial charge in [-0.25, -0.2) is 15.0 Å². The van der Waals surface area contributed by atoms with E-state index in [4.69, 9.17) is 23.7 Å². The maximum atomic E-state index is 12.6. The van der Waals surface area contributed by atoms with E-state index >= 15 is 0 Å². The Hall–Kier alpha value is -5.04. The molecule has 4 rings (SSSR count). The zero-order chi connectivity index (χ0) is 33.2. The first-order valence-electron chi connectivity index (χ1n) is 14.3. The second-order valence-electron chi connectivity index (χ2n) is 10.1. The Labute approximate surface area is 275 Å². The Kier molecular flexibility index (Phi) is 11.6. The Morgan fingerprint density at radius 3 is 2.41 bits per heavy atom. The first-order chi connectivity index (χ1) is 22.1. The molecule has 1 atom stereocenters. The van der Waals surface area contributed by atoms with Crippen LogP contribution >= 0.6 is 15.9 Å². The first kappa shape index (κ1) is 33.8. The lowest BCUT2D eigenvalue weighted by atomic mass is 9.95. The van der Waals surface area contributed by atoms with Crippen LogP contribution in [0.1, 0.15) is 42.1 Å². The average Bonchev–Trinajstić information content (AvgIpc) is 3.03. The minimum Gasteiger partial charge on any atom is -0.493 e. The van der Waals surface area contributed by atoms with E-state index in [1.54, 1.807) is 51.3 Å². The van der Waals surface area contributed by atoms with Gasteiger partial charge in [0.25, 0.3) is 5.91 Å². The highest BCUT2D eigenvalue weighted by Crippen LogP contribution is 2.37. The van der Waals surface area contributed by atoms with Crippen molar-refractivity contribution in [1.29, 1.82) is 0 Å². The minimum atomic E-state index is -0.777. The lowest BCUT2D eigenvalue weighted by Gasteiger charge is -2.28. The minimum absolute atomic E-state index is 0.181. The molecule has 0 bridgehead atoms. The molecule has 0 saturated heterocycles. The maximum Gasteiger partial charge on any atom is 0.338 e. The number of urea groups is 1. The number of halogens is 1. The normalized spacial score (nSPS) is 14.3. The van der Waals surface area contributed by atoms with Gasteiger partial charge in [0, 0.05) is 5.70 Å². The molecule has 0 spiro atoms. The molecule has 13 heteroatoms. The summed E-state index contributed by atoms with van der Waals surface area (Å²) in [4.78, 5) is 37.3. The molecule has 1 heterocycles. The SMILES string of the molecule is CCOC(=O)C1=C(C)NC(=O)N[C@@H]1c1ccc(OCC(=O)N/N=C\c2cc(Br)c(OCc3ccc(C)cc3)c(OC)c2)c(OC)c1. The van der Waals surface area contributed by atoms with E-state index in [-0.39, 0.29) is 24.5 Å². The van der Waals surface area contributed by atoms with Crippen molar-refractivity contribution in [3.8, 4) is 23.0 Å². The van der Waals surface area contributed by atoms with Crippen LogP contribution in [0, 0.1) is 6.92 Å². The zero-order valence-corrected chi connectivity index (χ0v) is 27.6. The molecular weight excluding hydrogens is 660 g/mol. The number of rotatable bonds is 13. The van der Waals surface area contributed by atoms with Crippen molar-refractivity contribution in [1.82, 2.24) is 16.1 Å². The van der Waals surface area contributed by atoms with Crippen LogP contribution in [0.4, 0.5) is 4.79 Å². The summed E-state index contributed by atoms with van der Waals surface area (Å²) in [5.74, 6) is 0.547. The smallest absolute Gasteiger partial charge is 0.338 e. The average molecular weight is 696 g/mol. The van der Waals surface area contributed by atoms with Crippen LogP contribution in [0.15, 0.2) is 75.4 Å². The Morgan fingerprint density at radius 1 is 0.978 bits per heavy atom. The van der Waals surface area contributed by atoms with Gasteiger partial charge in [0.15, 0.2) is 29.6 Å². The van der Waals surface area contributed by atoms with Gasteiger partial charge in [-0.2, -0.15) is 5.10 Å². The van der Waals surface area contributed by atoms with Gasteiger partial charge in [-0.1, -0.05) is 35.9 Å². The summed E-state index contributed by atoms with van der Waals surface area (Å²) in [6.45, 7) is 5.54. The molecule has 3 N–H and O–H groups in total. The van der Waals surface area contributed by atoms with Crippen molar-refractivity contribution in [2.24, 2.45) is 5.10 Å². The lowest BCUT2D eigenvalue weighted by Crippen LogP contribution is -2.45. The van der Waals surface area contributed by atoms with Crippen LogP contribution in [0.25, 0.3) is 0 Å². The zero-order valence-electron chi connectivity index (χ0n) is 26.1. The number of amides is 3. The number of benzene rings is 3. The standard InChI is InChI=1S/C33H35BrN4O8/c1-6-44-32(40)29-20(3)36-33(41)37-30(29)23-11-12-25(26(15-23)42-4)45-18-28(39)38-35-16-22-13-24(34)31(27(14-22)43-5)46-17-21-9-7-19(2)8-10-21/h7-16,30H,6,17-18H2,1-5H3,(H,38,39)(H2,36,37,41)/b35-16-/t30-/m1/s1. The molecule has 3 amide bonds. The van der Waals surface area contributed by atoms with Crippen molar-refractivity contribution in [3.63, 3.8) is 0 Å². The van der Waals surface area contributed by atoms with Crippen molar-refractivity contribution in [3.05, 3.63) is 92.6 Å².